The first kappa shape index (κ1) is 11.5. The van der Waals surface area contributed by atoms with Crippen molar-refractivity contribution in [2.75, 3.05) is 25.1 Å². The molecule has 0 bridgehead atoms. The third-order valence-corrected chi connectivity index (χ3v) is 2.93. The fourth-order valence-electron chi connectivity index (χ4n) is 1.61. The van der Waals surface area contributed by atoms with Crippen LogP contribution >= 0.6 is 23.2 Å². The molecular weight excluding hydrogens is 251 g/mol. The van der Waals surface area contributed by atoms with Crippen LogP contribution in [0.1, 0.15) is 0 Å². The Balaban J connectivity index is 2.29. The molecule has 0 saturated carbocycles. The summed E-state index contributed by atoms with van der Waals surface area (Å²) in [5.74, 6) is 0. The number of hydroxylamine groups is 2. The molecule has 4 nitrogen and oxygen atoms in total. The SMILES string of the molecule is CON1CCN(c2ccc(Cl)cc2Cl)C1=O. The summed E-state index contributed by atoms with van der Waals surface area (Å²) in [6.45, 7) is 1.07. The summed E-state index contributed by atoms with van der Waals surface area (Å²) < 4.78 is 0. The van der Waals surface area contributed by atoms with E-state index < -0.39 is 0 Å². The molecule has 1 fully saturated rings. The van der Waals surface area contributed by atoms with Gasteiger partial charge in [0, 0.05) is 11.6 Å². The van der Waals surface area contributed by atoms with Crippen molar-refractivity contribution >= 4 is 34.9 Å². The number of anilines is 1. The lowest BCUT2D eigenvalue weighted by Crippen LogP contribution is -2.31. The minimum atomic E-state index is -0.216. The number of hydrogen-bond donors (Lipinski definition) is 0. The zero-order valence-corrected chi connectivity index (χ0v) is 10.1. The van der Waals surface area contributed by atoms with E-state index in [-0.39, 0.29) is 6.03 Å². The lowest BCUT2D eigenvalue weighted by Gasteiger charge is -2.17. The molecule has 0 aliphatic carbocycles. The standard InChI is InChI=1S/C10H10Cl2N2O2/c1-16-14-5-4-13(10(14)15)9-3-2-7(11)6-8(9)12/h2-3,6H,4-5H2,1H3. The van der Waals surface area contributed by atoms with E-state index in [1.54, 1.807) is 23.1 Å². The molecule has 86 valence electrons. The Morgan fingerprint density at radius 2 is 2.06 bits per heavy atom. The van der Waals surface area contributed by atoms with Crippen LogP contribution < -0.4 is 4.90 Å². The van der Waals surface area contributed by atoms with Gasteiger partial charge in [-0.3, -0.25) is 9.74 Å². The highest BCUT2D eigenvalue weighted by atomic mass is 35.5. The van der Waals surface area contributed by atoms with Gasteiger partial charge in [-0.1, -0.05) is 23.2 Å². The monoisotopic (exact) mass is 260 g/mol. The average molecular weight is 261 g/mol. The second-order valence-corrected chi connectivity index (χ2v) is 4.16. The molecule has 0 N–H and O–H groups in total. The van der Waals surface area contributed by atoms with E-state index in [0.29, 0.717) is 28.8 Å². The number of urea groups is 1. The predicted molar refractivity (Wildman–Crippen MR) is 62.9 cm³/mol. The van der Waals surface area contributed by atoms with Gasteiger partial charge in [0.1, 0.15) is 0 Å². The van der Waals surface area contributed by atoms with E-state index in [9.17, 15) is 4.79 Å². The first-order valence-electron chi connectivity index (χ1n) is 4.71. The molecule has 0 aromatic heterocycles. The molecule has 0 radical (unpaired) electrons. The average Bonchev–Trinajstić information content (AvgIpc) is 2.60. The molecule has 0 atom stereocenters. The van der Waals surface area contributed by atoms with Crippen molar-refractivity contribution in [3.8, 4) is 0 Å². The predicted octanol–water partition coefficient (Wildman–Crippen LogP) is 2.80. The minimum Gasteiger partial charge on any atom is -0.289 e. The Labute approximate surface area is 103 Å². The van der Waals surface area contributed by atoms with Gasteiger partial charge < -0.3 is 0 Å². The molecule has 0 unspecified atom stereocenters. The van der Waals surface area contributed by atoms with Crippen molar-refractivity contribution in [2.24, 2.45) is 0 Å². The number of carbonyl (C=O) groups is 1. The number of halogens is 2. The van der Waals surface area contributed by atoms with Crippen molar-refractivity contribution in [1.29, 1.82) is 0 Å². The van der Waals surface area contributed by atoms with Gasteiger partial charge in [0.2, 0.25) is 0 Å². The van der Waals surface area contributed by atoms with Crippen LogP contribution in [0.3, 0.4) is 0 Å². The van der Waals surface area contributed by atoms with Crippen molar-refractivity contribution < 1.29 is 9.63 Å². The molecule has 1 aliphatic rings. The summed E-state index contributed by atoms with van der Waals surface area (Å²) in [4.78, 5) is 18.3. The van der Waals surface area contributed by atoms with Crippen molar-refractivity contribution in [3.05, 3.63) is 28.2 Å². The summed E-state index contributed by atoms with van der Waals surface area (Å²) in [6.07, 6.45) is 0. The lowest BCUT2D eigenvalue weighted by atomic mass is 10.3. The molecular formula is C10H10Cl2N2O2. The van der Waals surface area contributed by atoms with Crippen LogP contribution in [-0.2, 0) is 4.84 Å². The number of hydrogen-bond acceptors (Lipinski definition) is 2. The Kier molecular flexibility index (Phi) is 3.23. The minimum absolute atomic E-state index is 0.216. The molecule has 1 aliphatic heterocycles. The summed E-state index contributed by atoms with van der Waals surface area (Å²) in [5.41, 5.74) is 0.649. The fraction of sp³-hybridized carbons (Fsp3) is 0.300. The van der Waals surface area contributed by atoms with Gasteiger partial charge in [-0.25, -0.2) is 9.86 Å². The first-order chi connectivity index (χ1) is 7.63. The van der Waals surface area contributed by atoms with Crippen LogP contribution in [0.15, 0.2) is 18.2 Å². The lowest BCUT2D eigenvalue weighted by molar-refractivity contribution is -0.0698. The zero-order chi connectivity index (χ0) is 11.7. The van der Waals surface area contributed by atoms with E-state index in [1.165, 1.54) is 12.2 Å². The molecule has 1 aromatic carbocycles. The molecule has 16 heavy (non-hydrogen) atoms. The van der Waals surface area contributed by atoms with Gasteiger partial charge in [0.15, 0.2) is 0 Å². The number of nitrogens with zero attached hydrogens (tertiary/aromatic N) is 2. The molecule has 0 spiro atoms. The topological polar surface area (TPSA) is 32.8 Å². The van der Waals surface area contributed by atoms with Gasteiger partial charge in [0.05, 0.1) is 24.4 Å². The summed E-state index contributed by atoms with van der Waals surface area (Å²) in [6, 6.07) is 4.82. The zero-order valence-electron chi connectivity index (χ0n) is 8.61. The highest BCUT2D eigenvalue weighted by Gasteiger charge is 2.30. The third kappa shape index (κ3) is 1.96. The largest absolute Gasteiger partial charge is 0.348 e. The summed E-state index contributed by atoms with van der Waals surface area (Å²) >= 11 is 11.8. The smallest absolute Gasteiger partial charge is 0.289 e. The van der Waals surface area contributed by atoms with E-state index in [2.05, 4.69) is 0 Å². The van der Waals surface area contributed by atoms with Crippen LogP contribution in [0.2, 0.25) is 10.0 Å². The van der Waals surface area contributed by atoms with Gasteiger partial charge in [-0.2, -0.15) is 0 Å². The summed E-state index contributed by atoms with van der Waals surface area (Å²) in [5, 5.41) is 2.29. The second kappa shape index (κ2) is 4.49. The van der Waals surface area contributed by atoms with Crippen LogP contribution in [0.25, 0.3) is 0 Å². The van der Waals surface area contributed by atoms with E-state index >= 15 is 0 Å². The molecule has 2 rings (SSSR count). The number of rotatable bonds is 2. The molecule has 1 heterocycles. The first-order valence-corrected chi connectivity index (χ1v) is 5.47. The molecule has 6 heteroatoms. The second-order valence-electron chi connectivity index (χ2n) is 3.31. The Bertz CT molecular complexity index is 425. The quantitative estimate of drug-likeness (QED) is 0.820. The third-order valence-electron chi connectivity index (χ3n) is 2.39. The summed E-state index contributed by atoms with van der Waals surface area (Å²) in [7, 11) is 1.46. The van der Waals surface area contributed by atoms with E-state index in [4.69, 9.17) is 28.0 Å². The maximum atomic E-state index is 11.8. The normalized spacial score (nSPS) is 16.1. The molecule has 1 saturated heterocycles. The van der Waals surface area contributed by atoms with E-state index in [0.717, 1.165) is 0 Å². The van der Waals surface area contributed by atoms with Gasteiger partial charge in [-0.15, -0.1) is 0 Å². The van der Waals surface area contributed by atoms with Crippen molar-refractivity contribution in [1.82, 2.24) is 5.06 Å². The Morgan fingerprint density at radius 1 is 1.31 bits per heavy atom. The Morgan fingerprint density at radius 3 is 2.62 bits per heavy atom. The number of amides is 2. The molecule has 2 amide bonds. The van der Waals surface area contributed by atoms with Crippen molar-refractivity contribution in [3.63, 3.8) is 0 Å². The van der Waals surface area contributed by atoms with Gasteiger partial charge in [0.25, 0.3) is 0 Å². The maximum absolute atomic E-state index is 11.8. The van der Waals surface area contributed by atoms with Gasteiger partial charge in [-0.05, 0) is 18.2 Å². The maximum Gasteiger partial charge on any atom is 0.348 e. The van der Waals surface area contributed by atoms with E-state index in [1.807, 2.05) is 0 Å². The molecule has 1 aromatic rings. The Hall–Kier alpha value is -0.970. The van der Waals surface area contributed by atoms with Crippen LogP contribution in [0, 0.1) is 0 Å². The highest BCUT2D eigenvalue weighted by Crippen LogP contribution is 2.30. The fourth-order valence-corrected chi connectivity index (χ4v) is 2.12. The highest BCUT2D eigenvalue weighted by molar-refractivity contribution is 6.36. The van der Waals surface area contributed by atoms with Crippen LogP contribution in [0.4, 0.5) is 10.5 Å². The van der Waals surface area contributed by atoms with Crippen LogP contribution in [0.5, 0.6) is 0 Å². The van der Waals surface area contributed by atoms with Crippen molar-refractivity contribution in [2.45, 2.75) is 0 Å². The van der Waals surface area contributed by atoms with Gasteiger partial charge >= 0.3 is 6.03 Å². The van der Waals surface area contributed by atoms with Crippen LogP contribution in [-0.4, -0.2) is 31.3 Å². The number of carbonyl (C=O) groups excluding carboxylic acids is 1. The number of benzene rings is 1.